The SMILES string of the molecule is C=C(C)[C@@]12CC(COC(=O)c3ccccc3)[C@@]34OC5(O[C@H]1[C@@H]3[C@@H]1O[C@]1(CO)[C@@H](O)[C@@]1(O)C4C(C(C)CCCCCCC5O)[C@H](C)[C@@H]1OC(=O)c1ccc(OC(C)=O)cc1)O2. The van der Waals surface area contributed by atoms with E-state index in [0.717, 1.165) is 25.7 Å². The standard InChI is InChI=1S/C46H56O14/c1-24(2)42-21-30(22-54-39(50)28-14-10-8-11-15-28)45-34-37(42)58-46(59-42,60-45)32(49)16-12-7-6-9-13-25(3)33-26(4)36(44(53,35(33)45)41(52)43(23-47)38(34)57-43)56-40(51)29-17-19-31(20-18-29)55-27(5)48/h8,10-11,14-15,17-20,25-26,30,32-38,41,47,49,52-53H,1,6-7,9,12-13,16,21-23H2,2-5H3/t25?,26-,30?,32?,33?,34+,35?,36-,37-,38-,41+,42-,43-,44+,45+,46?/m0/s1. The highest BCUT2D eigenvalue weighted by Gasteiger charge is 2.91. The third-order valence-electron chi connectivity index (χ3n) is 15.3. The lowest BCUT2D eigenvalue weighted by Crippen LogP contribution is -2.75. The molecule has 2 aromatic carbocycles. The van der Waals surface area contributed by atoms with Crippen molar-refractivity contribution in [2.24, 2.45) is 35.5 Å². The number of fused-ring (bicyclic) bond motifs is 1. The number of carbonyl (C=O) groups excluding carboxylic acids is 3. The quantitative estimate of drug-likeness (QED) is 0.127. The van der Waals surface area contributed by atoms with Crippen LogP contribution in [-0.4, -0.2) is 110 Å². The molecule has 7 fully saturated rings. The van der Waals surface area contributed by atoms with Crippen molar-refractivity contribution < 1.29 is 68.0 Å². The summed E-state index contributed by atoms with van der Waals surface area (Å²) in [5.74, 6) is -7.75. The molecule has 16 atom stereocenters. The highest BCUT2D eigenvalue weighted by Crippen LogP contribution is 2.75. The maximum atomic E-state index is 14.2. The van der Waals surface area contributed by atoms with Crippen LogP contribution in [0.15, 0.2) is 66.7 Å². The lowest BCUT2D eigenvalue weighted by atomic mass is 9.51. The molecule has 4 aliphatic heterocycles. The molecule has 0 amide bonds. The number of hydrogen-bond donors (Lipinski definition) is 4. The summed E-state index contributed by atoms with van der Waals surface area (Å²) in [7, 11) is 0. The molecular formula is C46H56O14. The minimum atomic E-state index is -2.36. The van der Waals surface area contributed by atoms with Crippen molar-refractivity contribution in [2.75, 3.05) is 13.2 Å². The molecule has 9 rings (SSSR count). The molecule has 4 saturated heterocycles. The fraction of sp³-hybridized carbons (Fsp3) is 0.630. The zero-order valence-electron chi connectivity index (χ0n) is 34.5. The third-order valence-corrected chi connectivity index (χ3v) is 15.3. The van der Waals surface area contributed by atoms with E-state index < -0.39 is 113 Å². The van der Waals surface area contributed by atoms with Crippen LogP contribution in [0.5, 0.6) is 5.75 Å². The van der Waals surface area contributed by atoms with E-state index in [-0.39, 0.29) is 36.7 Å². The van der Waals surface area contributed by atoms with E-state index in [4.69, 9.17) is 33.2 Å². The van der Waals surface area contributed by atoms with E-state index in [0.29, 0.717) is 17.6 Å². The van der Waals surface area contributed by atoms with E-state index in [2.05, 4.69) is 13.5 Å². The maximum absolute atomic E-state index is 14.2. The Morgan fingerprint density at radius 2 is 1.55 bits per heavy atom. The first-order valence-corrected chi connectivity index (χ1v) is 21.4. The predicted octanol–water partition coefficient (Wildman–Crippen LogP) is 4.25. The number of aliphatic hydroxyl groups is 4. The molecule has 2 aromatic rings. The van der Waals surface area contributed by atoms with Gasteiger partial charge in [0.2, 0.25) is 0 Å². The minimum absolute atomic E-state index is 0.110. The van der Waals surface area contributed by atoms with Crippen molar-refractivity contribution in [3.05, 3.63) is 77.9 Å². The molecule has 14 nitrogen and oxygen atoms in total. The fourth-order valence-corrected chi connectivity index (χ4v) is 12.7. The van der Waals surface area contributed by atoms with Crippen LogP contribution in [0, 0.1) is 35.5 Å². The average molecular weight is 833 g/mol. The van der Waals surface area contributed by atoms with Crippen LogP contribution in [-0.2, 0) is 33.2 Å². The smallest absolute Gasteiger partial charge is 0.338 e. The van der Waals surface area contributed by atoms with Gasteiger partial charge in [-0.05, 0) is 79.5 Å². The highest BCUT2D eigenvalue weighted by molar-refractivity contribution is 5.90. The van der Waals surface area contributed by atoms with Gasteiger partial charge in [-0.1, -0.05) is 70.7 Å². The van der Waals surface area contributed by atoms with Gasteiger partial charge in [-0.3, -0.25) is 4.79 Å². The highest BCUT2D eigenvalue weighted by atomic mass is 16.9. The largest absolute Gasteiger partial charge is 0.462 e. The zero-order valence-corrected chi connectivity index (χ0v) is 34.5. The van der Waals surface area contributed by atoms with E-state index >= 15 is 0 Å². The molecule has 14 heteroatoms. The number of benzene rings is 2. The van der Waals surface area contributed by atoms with Crippen LogP contribution >= 0.6 is 0 Å². The zero-order chi connectivity index (χ0) is 42.6. The summed E-state index contributed by atoms with van der Waals surface area (Å²) >= 11 is 0. The molecule has 60 heavy (non-hydrogen) atoms. The monoisotopic (exact) mass is 832 g/mol. The lowest BCUT2D eigenvalue weighted by molar-refractivity contribution is -0.459. The van der Waals surface area contributed by atoms with Gasteiger partial charge >= 0.3 is 23.9 Å². The fourth-order valence-electron chi connectivity index (χ4n) is 12.7. The van der Waals surface area contributed by atoms with Gasteiger partial charge in [0.05, 0.1) is 29.9 Å². The van der Waals surface area contributed by atoms with Crippen molar-refractivity contribution in [1.29, 1.82) is 0 Å². The molecule has 3 saturated carbocycles. The van der Waals surface area contributed by atoms with Gasteiger partial charge < -0.3 is 53.6 Å². The first kappa shape index (κ1) is 41.6. The number of hydrogen-bond acceptors (Lipinski definition) is 14. The molecule has 7 aliphatic rings. The van der Waals surface area contributed by atoms with Crippen molar-refractivity contribution in [3.8, 4) is 5.75 Å². The first-order valence-electron chi connectivity index (χ1n) is 21.4. The summed E-state index contributed by atoms with van der Waals surface area (Å²) in [4.78, 5) is 39.6. The van der Waals surface area contributed by atoms with Crippen LogP contribution in [0.25, 0.3) is 0 Å². The summed E-state index contributed by atoms with van der Waals surface area (Å²) in [6.07, 6.45) is -2.03. The Bertz CT molecular complexity index is 2030. The number of epoxide rings is 1. The van der Waals surface area contributed by atoms with Crippen LogP contribution in [0.2, 0.25) is 0 Å². The van der Waals surface area contributed by atoms with Gasteiger partial charge in [-0.15, -0.1) is 0 Å². The van der Waals surface area contributed by atoms with E-state index in [1.807, 2.05) is 13.8 Å². The van der Waals surface area contributed by atoms with Gasteiger partial charge in [0.15, 0.2) is 0 Å². The van der Waals surface area contributed by atoms with Gasteiger partial charge in [0, 0.05) is 24.7 Å². The number of carbonyl (C=O) groups is 3. The van der Waals surface area contributed by atoms with Crippen molar-refractivity contribution in [2.45, 2.75) is 132 Å². The summed E-state index contributed by atoms with van der Waals surface area (Å²) < 4.78 is 45.6. The topological polar surface area (TPSA) is 200 Å². The Labute approximate surface area is 349 Å². The lowest BCUT2D eigenvalue weighted by Gasteiger charge is -2.62. The van der Waals surface area contributed by atoms with Gasteiger partial charge in [-0.25, -0.2) is 9.59 Å². The second kappa shape index (κ2) is 14.7. The summed E-state index contributed by atoms with van der Waals surface area (Å²) in [6.45, 7) is 10.5. The number of rotatable bonds is 8. The molecule has 4 N–H and O–H groups in total. The molecule has 324 valence electrons. The summed E-state index contributed by atoms with van der Waals surface area (Å²) in [5.41, 5.74) is -6.03. The Morgan fingerprint density at radius 1 is 0.867 bits per heavy atom. The molecule has 4 heterocycles. The number of aliphatic hydroxyl groups excluding tert-OH is 3. The second-order valence-corrected chi connectivity index (χ2v) is 18.5. The first-order chi connectivity index (χ1) is 28.6. The summed E-state index contributed by atoms with van der Waals surface area (Å²) in [6, 6.07) is 14.4. The molecule has 0 aromatic heterocycles. The Morgan fingerprint density at radius 3 is 2.22 bits per heavy atom. The van der Waals surface area contributed by atoms with Gasteiger partial charge in [0.25, 0.3) is 0 Å². The van der Waals surface area contributed by atoms with Gasteiger partial charge in [-0.2, -0.15) is 0 Å². The number of esters is 3. The Balaban J connectivity index is 1.24. The average Bonchev–Trinajstić information content (AvgIpc) is 3.86. The molecule has 2 spiro atoms. The van der Waals surface area contributed by atoms with Crippen LogP contribution in [0.3, 0.4) is 0 Å². The predicted molar refractivity (Wildman–Crippen MR) is 210 cm³/mol. The minimum Gasteiger partial charge on any atom is -0.462 e. The van der Waals surface area contributed by atoms with Crippen molar-refractivity contribution in [1.82, 2.24) is 0 Å². The normalized spacial score (nSPS) is 44.8. The Hall–Kier alpha value is -3.73. The third kappa shape index (κ3) is 5.85. The van der Waals surface area contributed by atoms with Crippen LogP contribution in [0.1, 0.15) is 93.4 Å². The van der Waals surface area contributed by atoms with Crippen molar-refractivity contribution >= 4 is 17.9 Å². The van der Waals surface area contributed by atoms with E-state index in [9.17, 15) is 34.8 Å². The van der Waals surface area contributed by atoms with Crippen LogP contribution < -0.4 is 4.74 Å². The molecule has 3 aliphatic carbocycles. The second-order valence-electron chi connectivity index (χ2n) is 18.5. The van der Waals surface area contributed by atoms with Crippen LogP contribution in [0.4, 0.5) is 0 Å². The Kier molecular flexibility index (Phi) is 10.2. The van der Waals surface area contributed by atoms with Gasteiger partial charge in [0.1, 0.15) is 53.1 Å². The molecular weight excluding hydrogens is 776 g/mol. The van der Waals surface area contributed by atoms with E-state index in [1.54, 1.807) is 30.3 Å². The van der Waals surface area contributed by atoms with Crippen molar-refractivity contribution in [3.63, 3.8) is 0 Å². The summed E-state index contributed by atoms with van der Waals surface area (Å²) in [5, 5.41) is 50.3. The number of ether oxygens (including phenoxy) is 7. The molecule has 3 bridgehead atoms. The van der Waals surface area contributed by atoms with E-state index in [1.165, 1.54) is 31.2 Å². The molecule has 0 radical (unpaired) electrons. The maximum Gasteiger partial charge on any atom is 0.338 e. The molecule has 6 unspecified atom stereocenters.